The van der Waals surface area contributed by atoms with Crippen molar-refractivity contribution in [2.45, 2.75) is 6.42 Å². The van der Waals surface area contributed by atoms with Crippen LogP contribution in [0, 0.1) is 10.8 Å². The fourth-order valence-corrected chi connectivity index (χ4v) is 3.67. The summed E-state index contributed by atoms with van der Waals surface area (Å²) in [6.07, 6.45) is 0.0534. The first-order chi connectivity index (χ1) is 10.8. The molecule has 0 aromatic heterocycles. The molecule has 1 aromatic carbocycles. The van der Waals surface area contributed by atoms with Crippen LogP contribution in [0.15, 0.2) is 18.2 Å². The zero-order valence-corrected chi connectivity index (χ0v) is 13.0. The molecule has 0 spiro atoms. The minimum Gasteiger partial charge on any atom is -0.495 e. The summed E-state index contributed by atoms with van der Waals surface area (Å²) in [7, 11) is 1.45. The number of methoxy groups -OCH3 is 1. The quantitative estimate of drug-likeness (QED) is 0.858. The maximum Gasteiger partial charge on any atom is 0.312 e. The molecule has 0 unspecified atom stereocenters. The molecule has 1 saturated carbocycles. The van der Waals surface area contributed by atoms with Gasteiger partial charge in [0.2, 0.25) is 0 Å². The van der Waals surface area contributed by atoms with Gasteiger partial charge in [-0.25, -0.2) is 0 Å². The Hall–Kier alpha value is -2.28. The second kappa shape index (κ2) is 4.86. The number of likely N-dealkylation sites (tertiary alicyclic amines) is 1. The molecule has 2 N–H and O–H groups in total. The van der Waals surface area contributed by atoms with Crippen molar-refractivity contribution in [1.82, 2.24) is 4.90 Å². The normalized spacial score (nSPS) is 28.2. The van der Waals surface area contributed by atoms with Crippen molar-refractivity contribution in [3.63, 3.8) is 0 Å². The van der Waals surface area contributed by atoms with Gasteiger partial charge in [-0.05, 0) is 24.6 Å². The molecule has 2 atom stereocenters. The number of carbonyl (C=O) groups is 3. The first kappa shape index (κ1) is 15.6. The molecule has 1 heterocycles. The molecule has 1 aromatic rings. The number of carboxylic acid groups (broad SMARTS) is 2. The number of carbonyl (C=O) groups excluding carboxylic acids is 1. The predicted octanol–water partition coefficient (Wildman–Crippen LogP) is 1.35. The molecule has 2 aliphatic rings. The van der Waals surface area contributed by atoms with Crippen LogP contribution in [0.25, 0.3) is 0 Å². The Bertz CT molecular complexity index is 707. The fourth-order valence-electron chi connectivity index (χ4n) is 3.41. The lowest BCUT2D eigenvalue weighted by molar-refractivity contribution is -0.151. The minimum atomic E-state index is -1.38. The Morgan fingerprint density at radius 1 is 1.17 bits per heavy atom. The Labute approximate surface area is 136 Å². The third-order valence-corrected chi connectivity index (χ3v) is 5.12. The molecule has 0 radical (unpaired) electrons. The third-order valence-electron chi connectivity index (χ3n) is 4.82. The second-order valence-corrected chi connectivity index (χ2v) is 6.37. The van der Waals surface area contributed by atoms with E-state index in [0.29, 0.717) is 5.75 Å². The number of rotatable bonds is 4. The van der Waals surface area contributed by atoms with Crippen molar-refractivity contribution in [1.29, 1.82) is 0 Å². The minimum absolute atomic E-state index is 0.0534. The zero-order chi connectivity index (χ0) is 17.0. The topological polar surface area (TPSA) is 104 Å². The van der Waals surface area contributed by atoms with Crippen molar-refractivity contribution >= 4 is 29.4 Å². The SMILES string of the molecule is COc1ccc(C(=O)N2C[C@@]3(C(=O)O)C[C@@]3(C(=O)O)C2)cc1Cl. The van der Waals surface area contributed by atoms with Crippen LogP contribution >= 0.6 is 11.6 Å². The Kier molecular flexibility index (Phi) is 3.30. The number of benzene rings is 1. The summed E-state index contributed by atoms with van der Waals surface area (Å²) in [4.78, 5) is 36.8. The summed E-state index contributed by atoms with van der Waals surface area (Å²) < 4.78 is 5.01. The van der Waals surface area contributed by atoms with Gasteiger partial charge in [0.15, 0.2) is 0 Å². The first-order valence-corrected chi connectivity index (χ1v) is 7.25. The van der Waals surface area contributed by atoms with E-state index in [1.54, 1.807) is 0 Å². The Balaban J connectivity index is 1.87. The van der Waals surface area contributed by atoms with E-state index in [0.717, 1.165) is 0 Å². The van der Waals surface area contributed by atoms with Crippen LogP contribution in [0.2, 0.25) is 5.02 Å². The summed E-state index contributed by atoms with van der Waals surface area (Å²) in [6, 6.07) is 4.47. The number of halogens is 1. The van der Waals surface area contributed by atoms with Gasteiger partial charge in [-0.3, -0.25) is 14.4 Å². The van der Waals surface area contributed by atoms with Gasteiger partial charge in [-0.1, -0.05) is 11.6 Å². The molecule has 1 amide bonds. The van der Waals surface area contributed by atoms with E-state index < -0.39 is 28.7 Å². The zero-order valence-electron chi connectivity index (χ0n) is 12.2. The third kappa shape index (κ3) is 1.99. The summed E-state index contributed by atoms with van der Waals surface area (Å²) in [5, 5.41) is 19.0. The van der Waals surface area contributed by atoms with E-state index in [1.807, 2.05) is 0 Å². The number of carboxylic acids is 2. The van der Waals surface area contributed by atoms with Crippen LogP contribution in [0.1, 0.15) is 16.8 Å². The van der Waals surface area contributed by atoms with Gasteiger partial charge in [-0.15, -0.1) is 0 Å². The number of ether oxygens (including phenoxy) is 1. The van der Waals surface area contributed by atoms with Crippen LogP contribution in [-0.2, 0) is 9.59 Å². The molecule has 1 aliphatic heterocycles. The number of hydrogen-bond acceptors (Lipinski definition) is 4. The highest BCUT2D eigenvalue weighted by Crippen LogP contribution is 2.68. The molecule has 7 nitrogen and oxygen atoms in total. The van der Waals surface area contributed by atoms with Crippen molar-refractivity contribution in [2.24, 2.45) is 10.8 Å². The molecular weight excluding hydrogens is 326 g/mol. The molecule has 8 heteroatoms. The predicted molar refractivity (Wildman–Crippen MR) is 78.7 cm³/mol. The Morgan fingerprint density at radius 2 is 1.74 bits per heavy atom. The van der Waals surface area contributed by atoms with E-state index >= 15 is 0 Å². The maximum absolute atomic E-state index is 12.5. The molecule has 122 valence electrons. The van der Waals surface area contributed by atoms with Crippen molar-refractivity contribution in [3.8, 4) is 5.75 Å². The maximum atomic E-state index is 12.5. The van der Waals surface area contributed by atoms with Gasteiger partial charge in [0.05, 0.1) is 12.1 Å². The Morgan fingerprint density at radius 3 is 2.17 bits per heavy atom. The van der Waals surface area contributed by atoms with E-state index in [9.17, 15) is 24.6 Å². The van der Waals surface area contributed by atoms with Gasteiger partial charge >= 0.3 is 11.9 Å². The summed E-state index contributed by atoms with van der Waals surface area (Å²) in [5.74, 6) is -2.38. The number of piperidine rings is 1. The second-order valence-electron chi connectivity index (χ2n) is 5.96. The lowest BCUT2D eigenvalue weighted by atomic mass is 9.97. The highest BCUT2D eigenvalue weighted by Gasteiger charge is 2.81. The number of nitrogens with zero attached hydrogens (tertiary/aromatic N) is 1. The van der Waals surface area contributed by atoms with E-state index in [1.165, 1.54) is 30.2 Å². The molecular formula is C15H14ClNO6. The van der Waals surface area contributed by atoms with Crippen LogP contribution < -0.4 is 4.74 Å². The smallest absolute Gasteiger partial charge is 0.312 e. The van der Waals surface area contributed by atoms with E-state index in [4.69, 9.17) is 16.3 Å². The van der Waals surface area contributed by atoms with Crippen LogP contribution in [-0.4, -0.2) is 53.2 Å². The van der Waals surface area contributed by atoms with Crippen molar-refractivity contribution in [2.75, 3.05) is 20.2 Å². The van der Waals surface area contributed by atoms with E-state index in [2.05, 4.69) is 0 Å². The van der Waals surface area contributed by atoms with E-state index in [-0.39, 0.29) is 30.1 Å². The van der Waals surface area contributed by atoms with Gasteiger partial charge in [0.1, 0.15) is 16.6 Å². The largest absolute Gasteiger partial charge is 0.495 e. The van der Waals surface area contributed by atoms with Crippen LogP contribution in [0.4, 0.5) is 0 Å². The number of fused-ring (bicyclic) bond motifs is 1. The average molecular weight is 340 g/mol. The monoisotopic (exact) mass is 339 g/mol. The first-order valence-electron chi connectivity index (χ1n) is 6.87. The van der Waals surface area contributed by atoms with Crippen LogP contribution in [0.3, 0.4) is 0 Å². The van der Waals surface area contributed by atoms with Gasteiger partial charge in [-0.2, -0.15) is 0 Å². The summed E-state index contributed by atoms with van der Waals surface area (Å²) >= 11 is 5.99. The fraction of sp³-hybridized carbons (Fsp3) is 0.400. The lowest BCUT2D eigenvalue weighted by Crippen LogP contribution is -2.34. The molecule has 0 bridgehead atoms. The number of aliphatic carboxylic acids is 2. The molecule has 3 rings (SSSR count). The lowest BCUT2D eigenvalue weighted by Gasteiger charge is -2.20. The average Bonchev–Trinajstić information content (AvgIpc) is 3.05. The van der Waals surface area contributed by atoms with Crippen LogP contribution in [0.5, 0.6) is 5.75 Å². The molecule has 1 aliphatic carbocycles. The summed E-state index contributed by atoms with van der Waals surface area (Å²) in [6.45, 7) is -0.228. The molecule has 23 heavy (non-hydrogen) atoms. The summed E-state index contributed by atoms with van der Waals surface area (Å²) in [5.41, 5.74) is -2.51. The standard InChI is InChI=1S/C15H14ClNO6/c1-23-10-3-2-8(4-9(10)16)11(18)17-6-14(12(19)20)5-15(14,7-17)13(21)22/h2-4H,5-7H2,1H3,(H,19,20)(H,21,22)/t14-,15+. The van der Waals surface area contributed by atoms with Gasteiger partial charge in [0, 0.05) is 18.7 Å². The molecule has 1 saturated heterocycles. The number of amides is 1. The number of hydrogen-bond donors (Lipinski definition) is 2. The van der Waals surface area contributed by atoms with Crippen molar-refractivity contribution in [3.05, 3.63) is 28.8 Å². The van der Waals surface area contributed by atoms with Crippen molar-refractivity contribution < 1.29 is 29.3 Å². The molecule has 2 fully saturated rings. The highest BCUT2D eigenvalue weighted by atomic mass is 35.5. The highest BCUT2D eigenvalue weighted by molar-refractivity contribution is 6.32. The van der Waals surface area contributed by atoms with Gasteiger partial charge < -0.3 is 19.8 Å². The van der Waals surface area contributed by atoms with Gasteiger partial charge in [0.25, 0.3) is 5.91 Å².